The summed E-state index contributed by atoms with van der Waals surface area (Å²) >= 11 is 0. The third-order valence-electron chi connectivity index (χ3n) is 3.32. The fourth-order valence-corrected chi connectivity index (χ4v) is 1.89. The van der Waals surface area contributed by atoms with Crippen molar-refractivity contribution in [1.29, 1.82) is 0 Å². The van der Waals surface area contributed by atoms with Gasteiger partial charge in [0, 0.05) is 11.6 Å². The van der Waals surface area contributed by atoms with Crippen molar-refractivity contribution >= 4 is 5.91 Å². The Hall–Kier alpha value is -1.79. The fourth-order valence-electron chi connectivity index (χ4n) is 1.89. The molecule has 94 valence electrons. The zero-order valence-corrected chi connectivity index (χ0v) is 10.8. The Morgan fingerprint density at radius 2 is 2.17 bits per heavy atom. The maximum absolute atomic E-state index is 12.2. The molecule has 1 aromatic rings. The maximum atomic E-state index is 12.2. The van der Waals surface area contributed by atoms with Crippen molar-refractivity contribution in [3.8, 4) is 11.8 Å². The SMILES string of the molecule is CC1(C)CC1NC(=O)c1ccccc1C#CCN. The normalized spacial score (nSPS) is 19.6. The van der Waals surface area contributed by atoms with Gasteiger partial charge in [0.25, 0.3) is 5.91 Å². The number of amides is 1. The molecule has 2 rings (SSSR count). The van der Waals surface area contributed by atoms with E-state index in [1.54, 1.807) is 6.07 Å². The monoisotopic (exact) mass is 242 g/mol. The molecule has 3 heteroatoms. The van der Waals surface area contributed by atoms with Gasteiger partial charge in [0.05, 0.1) is 12.1 Å². The average molecular weight is 242 g/mol. The number of carbonyl (C=O) groups is 1. The van der Waals surface area contributed by atoms with Crippen molar-refractivity contribution in [2.24, 2.45) is 11.1 Å². The molecule has 1 aliphatic carbocycles. The first-order valence-electron chi connectivity index (χ1n) is 6.13. The Balaban J connectivity index is 2.15. The topological polar surface area (TPSA) is 55.1 Å². The predicted molar refractivity (Wildman–Crippen MR) is 72.0 cm³/mol. The summed E-state index contributed by atoms with van der Waals surface area (Å²) in [5, 5.41) is 3.04. The largest absolute Gasteiger partial charge is 0.349 e. The third kappa shape index (κ3) is 2.72. The third-order valence-corrected chi connectivity index (χ3v) is 3.32. The molecule has 0 heterocycles. The van der Waals surface area contributed by atoms with E-state index >= 15 is 0 Å². The lowest BCUT2D eigenvalue weighted by atomic mass is 10.1. The molecule has 1 saturated carbocycles. The lowest BCUT2D eigenvalue weighted by molar-refractivity contribution is 0.0946. The van der Waals surface area contributed by atoms with Gasteiger partial charge in [0.15, 0.2) is 0 Å². The van der Waals surface area contributed by atoms with E-state index in [-0.39, 0.29) is 17.4 Å². The number of nitrogens with two attached hydrogens (primary N) is 1. The van der Waals surface area contributed by atoms with Gasteiger partial charge in [0.1, 0.15) is 0 Å². The predicted octanol–water partition coefficient (Wildman–Crippen LogP) is 1.53. The second kappa shape index (κ2) is 4.83. The molecule has 1 amide bonds. The van der Waals surface area contributed by atoms with Gasteiger partial charge in [-0.3, -0.25) is 4.79 Å². The van der Waals surface area contributed by atoms with Crippen molar-refractivity contribution in [2.75, 3.05) is 6.54 Å². The summed E-state index contributed by atoms with van der Waals surface area (Å²) in [6.07, 6.45) is 1.04. The molecule has 0 aliphatic heterocycles. The molecule has 3 nitrogen and oxygen atoms in total. The van der Waals surface area contributed by atoms with Crippen LogP contribution in [0.15, 0.2) is 24.3 Å². The molecule has 0 spiro atoms. The highest BCUT2D eigenvalue weighted by molar-refractivity contribution is 5.97. The van der Waals surface area contributed by atoms with Crippen molar-refractivity contribution < 1.29 is 4.79 Å². The number of hydrogen-bond acceptors (Lipinski definition) is 2. The van der Waals surface area contributed by atoms with Crippen molar-refractivity contribution in [3.63, 3.8) is 0 Å². The zero-order valence-electron chi connectivity index (χ0n) is 10.8. The van der Waals surface area contributed by atoms with Gasteiger partial charge in [0.2, 0.25) is 0 Å². The average Bonchev–Trinajstić information content (AvgIpc) is 2.94. The van der Waals surface area contributed by atoms with E-state index in [9.17, 15) is 4.79 Å². The highest BCUT2D eigenvalue weighted by Crippen LogP contribution is 2.44. The van der Waals surface area contributed by atoms with Gasteiger partial charge in [-0.1, -0.05) is 37.8 Å². The van der Waals surface area contributed by atoms with Gasteiger partial charge < -0.3 is 11.1 Å². The van der Waals surface area contributed by atoms with E-state index < -0.39 is 0 Å². The Bertz CT molecular complexity index is 523. The lowest BCUT2D eigenvalue weighted by Crippen LogP contribution is -2.28. The van der Waals surface area contributed by atoms with Crippen LogP contribution in [0.1, 0.15) is 36.2 Å². The van der Waals surface area contributed by atoms with E-state index in [1.165, 1.54) is 0 Å². The maximum Gasteiger partial charge on any atom is 0.252 e. The second-order valence-corrected chi connectivity index (χ2v) is 5.27. The highest BCUT2D eigenvalue weighted by atomic mass is 16.1. The van der Waals surface area contributed by atoms with E-state index in [4.69, 9.17) is 5.73 Å². The van der Waals surface area contributed by atoms with Gasteiger partial charge in [-0.25, -0.2) is 0 Å². The molecule has 0 aromatic heterocycles. The number of benzene rings is 1. The summed E-state index contributed by atoms with van der Waals surface area (Å²) in [5.74, 6) is 5.67. The molecular weight excluding hydrogens is 224 g/mol. The van der Waals surface area contributed by atoms with Crippen LogP contribution in [0.2, 0.25) is 0 Å². The minimum absolute atomic E-state index is 0.0486. The molecule has 0 radical (unpaired) electrons. The number of rotatable bonds is 2. The van der Waals surface area contributed by atoms with Gasteiger partial charge >= 0.3 is 0 Å². The smallest absolute Gasteiger partial charge is 0.252 e. The molecule has 1 atom stereocenters. The van der Waals surface area contributed by atoms with Crippen molar-refractivity contribution in [3.05, 3.63) is 35.4 Å². The summed E-state index contributed by atoms with van der Waals surface area (Å²) in [4.78, 5) is 12.2. The molecule has 0 bridgehead atoms. The molecule has 1 fully saturated rings. The zero-order chi connectivity index (χ0) is 13.2. The van der Waals surface area contributed by atoms with Crippen LogP contribution >= 0.6 is 0 Å². The second-order valence-electron chi connectivity index (χ2n) is 5.27. The quantitative estimate of drug-likeness (QED) is 0.773. The molecule has 1 aliphatic rings. The Labute approximate surface area is 108 Å². The molecule has 1 unspecified atom stereocenters. The summed E-state index contributed by atoms with van der Waals surface area (Å²) in [7, 11) is 0. The first-order valence-corrected chi connectivity index (χ1v) is 6.13. The number of hydrogen-bond donors (Lipinski definition) is 2. The van der Waals surface area contributed by atoms with Crippen molar-refractivity contribution in [2.45, 2.75) is 26.3 Å². The van der Waals surface area contributed by atoms with E-state index in [0.717, 1.165) is 12.0 Å². The van der Waals surface area contributed by atoms with Crippen LogP contribution in [0.5, 0.6) is 0 Å². The number of carbonyl (C=O) groups excluding carboxylic acids is 1. The summed E-state index contributed by atoms with van der Waals surface area (Å²) < 4.78 is 0. The standard InChI is InChI=1S/C15H18N2O/c1-15(2)10-13(15)17-14(18)12-8-4-3-6-11(12)7-5-9-16/h3-4,6,8,13H,9-10,16H2,1-2H3,(H,17,18). The Morgan fingerprint density at radius 3 is 2.78 bits per heavy atom. The van der Waals surface area contributed by atoms with E-state index in [1.807, 2.05) is 18.2 Å². The van der Waals surface area contributed by atoms with Gasteiger partial charge in [-0.15, -0.1) is 0 Å². The molecule has 3 N–H and O–H groups in total. The summed E-state index contributed by atoms with van der Waals surface area (Å²) in [5.41, 5.74) is 6.95. The van der Waals surface area contributed by atoms with Crippen molar-refractivity contribution in [1.82, 2.24) is 5.32 Å². The Morgan fingerprint density at radius 1 is 1.50 bits per heavy atom. The van der Waals surface area contributed by atoms with Gasteiger partial charge in [-0.05, 0) is 24.0 Å². The first-order chi connectivity index (χ1) is 8.54. The number of nitrogens with one attached hydrogen (secondary N) is 1. The van der Waals surface area contributed by atoms with Crippen LogP contribution in [0.3, 0.4) is 0 Å². The van der Waals surface area contributed by atoms with Crippen LogP contribution in [-0.4, -0.2) is 18.5 Å². The molecule has 1 aromatic carbocycles. The minimum atomic E-state index is -0.0486. The Kier molecular flexibility index (Phi) is 3.40. The summed E-state index contributed by atoms with van der Waals surface area (Å²) in [6.45, 7) is 4.60. The molecule has 0 saturated heterocycles. The minimum Gasteiger partial charge on any atom is -0.349 e. The lowest BCUT2D eigenvalue weighted by Gasteiger charge is -2.08. The first kappa shape index (κ1) is 12.7. The summed E-state index contributed by atoms with van der Waals surface area (Å²) in [6, 6.07) is 7.64. The van der Waals surface area contributed by atoms with Crippen LogP contribution in [0.25, 0.3) is 0 Å². The van der Waals surface area contributed by atoms with Crippen LogP contribution in [0.4, 0.5) is 0 Å². The van der Waals surface area contributed by atoms with E-state index in [2.05, 4.69) is 31.0 Å². The van der Waals surface area contributed by atoms with Crippen LogP contribution < -0.4 is 11.1 Å². The molecule has 18 heavy (non-hydrogen) atoms. The molecular formula is C15H18N2O. The fraction of sp³-hybridized carbons (Fsp3) is 0.400. The van der Waals surface area contributed by atoms with Crippen LogP contribution in [0, 0.1) is 17.3 Å². The highest BCUT2D eigenvalue weighted by Gasteiger charge is 2.46. The van der Waals surface area contributed by atoms with E-state index in [0.29, 0.717) is 12.1 Å². The van der Waals surface area contributed by atoms with Gasteiger partial charge in [-0.2, -0.15) is 0 Å². The van der Waals surface area contributed by atoms with Crippen LogP contribution in [-0.2, 0) is 0 Å².